The first kappa shape index (κ1) is 24.5. The van der Waals surface area contributed by atoms with Gasteiger partial charge in [-0.3, -0.25) is 19.6 Å². The van der Waals surface area contributed by atoms with E-state index in [-0.39, 0.29) is 52.9 Å². The van der Waals surface area contributed by atoms with Gasteiger partial charge in [-0.25, -0.2) is 9.29 Å². The van der Waals surface area contributed by atoms with Crippen LogP contribution in [0.4, 0.5) is 5.13 Å². The third-order valence-electron chi connectivity index (χ3n) is 4.48. The third-order valence-corrected chi connectivity index (χ3v) is 6.92. The topological polar surface area (TPSA) is 224 Å². The van der Waals surface area contributed by atoms with E-state index in [1.807, 2.05) is 0 Å². The molecule has 14 nitrogen and oxygen atoms in total. The van der Waals surface area contributed by atoms with Gasteiger partial charge in [-0.15, -0.1) is 11.3 Å². The highest BCUT2D eigenvalue weighted by atomic mass is 32.2. The fourth-order valence-electron chi connectivity index (χ4n) is 2.89. The number of ether oxygens (including phenoxy) is 1. The number of anilines is 1. The molecule has 0 unspecified atom stereocenters. The predicted molar refractivity (Wildman–Crippen MR) is 119 cm³/mol. The van der Waals surface area contributed by atoms with Crippen molar-refractivity contribution in [3.63, 3.8) is 0 Å². The summed E-state index contributed by atoms with van der Waals surface area (Å²) in [6, 6.07) is -0.897. The number of carbonyl (C=O) groups is 2. The Morgan fingerprint density at radius 1 is 1.30 bits per heavy atom. The molecular formula is C16H19N7O7S3. The minimum atomic E-state index is -4.70. The molecule has 3 rings (SSSR count). The van der Waals surface area contributed by atoms with E-state index in [1.165, 1.54) is 12.3 Å². The Balaban J connectivity index is 1.62. The van der Waals surface area contributed by atoms with Crippen molar-refractivity contribution in [2.24, 2.45) is 16.8 Å². The Kier molecular flexibility index (Phi) is 7.25. The van der Waals surface area contributed by atoms with Crippen molar-refractivity contribution in [1.82, 2.24) is 14.3 Å². The number of carbonyl (C=O) groups excluding carboxylic acids is 2. The highest BCUT2D eigenvalue weighted by Crippen LogP contribution is 2.32. The fraction of sp³-hybridized carbons (Fsp3) is 0.375. The molecule has 0 spiro atoms. The molecule has 0 aliphatic carbocycles. The number of rotatable bonds is 11. The lowest BCUT2D eigenvalue weighted by molar-refractivity contribution is -0.147. The quantitative estimate of drug-likeness (QED) is 0.0767. The van der Waals surface area contributed by atoms with Crippen LogP contribution in [-0.4, -0.2) is 69.7 Å². The molecule has 0 bridgehead atoms. The number of amidine groups is 1. The van der Waals surface area contributed by atoms with Crippen molar-refractivity contribution >= 4 is 61.3 Å². The summed E-state index contributed by atoms with van der Waals surface area (Å²) < 4.78 is 37.2. The fourth-order valence-corrected chi connectivity index (χ4v) is 5.06. The largest absolute Gasteiger partial charge is 0.466 e. The summed E-state index contributed by atoms with van der Waals surface area (Å²) in [5.41, 5.74) is 11.2. The Labute approximate surface area is 195 Å². The molecule has 1 fully saturated rings. The van der Waals surface area contributed by atoms with Gasteiger partial charge in [-0.2, -0.15) is 13.4 Å². The van der Waals surface area contributed by atoms with Gasteiger partial charge in [0.25, 0.3) is 5.19 Å². The molecule has 3 heterocycles. The van der Waals surface area contributed by atoms with Gasteiger partial charge in [0.1, 0.15) is 23.8 Å². The van der Waals surface area contributed by atoms with E-state index in [2.05, 4.69) is 15.1 Å². The maximum Gasteiger partial charge on any atom is 0.362 e. The number of aromatic nitrogens is 2. The summed E-state index contributed by atoms with van der Waals surface area (Å²) in [5, 5.41) is 14.6. The molecule has 2 aromatic rings. The molecule has 2 aromatic heterocycles. The molecule has 2 atom stereocenters. The zero-order chi connectivity index (χ0) is 24.3. The smallest absolute Gasteiger partial charge is 0.362 e. The maximum atomic E-state index is 12.8. The number of nitrogen functional groups attached to an aromatic ring is 2. The lowest BCUT2D eigenvalue weighted by Crippen LogP contribution is -2.62. The number of nitrogens with zero attached hydrogens (tertiary/aromatic N) is 4. The van der Waals surface area contributed by atoms with Crippen molar-refractivity contribution < 1.29 is 32.1 Å². The first-order valence-corrected chi connectivity index (χ1v) is 12.3. The van der Waals surface area contributed by atoms with Crippen LogP contribution < -0.4 is 16.2 Å². The van der Waals surface area contributed by atoms with Crippen LogP contribution in [0.15, 0.2) is 15.9 Å². The van der Waals surface area contributed by atoms with Gasteiger partial charge in [0.05, 0.1) is 12.0 Å². The van der Waals surface area contributed by atoms with Crippen LogP contribution in [-0.2, 0) is 24.7 Å². The second-order valence-corrected chi connectivity index (χ2v) is 9.69. The number of thiazole rings is 2. The van der Waals surface area contributed by atoms with Crippen LogP contribution in [0.25, 0.3) is 0 Å². The lowest BCUT2D eigenvalue weighted by Gasteiger charge is -2.41. The number of amides is 1. The molecule has 17 heteroatoms. The maximum absolute atomic E-state index is 12.8. The molecular weight excluding hydrogens is 498 g/mol. The summed E-state index contributed by atoms with van der Waals surface area (Å²) >= 11 is 2.22. The molecule has 6 N–H and O–H groups in total. The summed E-state index contributed by atoms with van der Waals surface area (Å²) in [7, 11) is -4.70. The van der Waals surface area contributed by atoms with E-state index >= 15 is 0 Å². The van der Waals surface area contributed by atoms with Crippen LogP contribution in [0.3, 0.4) is 0 Å². The van der Waals surface area contributed by atoms with E-state index < -0.39 is 34.0 Å². The first-order valence-electron chi connectivity index (χ1n) is 9.17. The molecule has 1 saturated heterocycles. The van der Waals surface area contributed by atoms with E-state index in [0.29, 0.717) is 4.31 Å². The van der Waals surface area contributed by atoms with Crippen molar-refractivity contribution in [2.45, 2.75) is 19.4 Å². The monoisotopic (exact) mass is 517 g/mol. The van der Waals surface area contributed by atoms with Crippen LogP contribution in [0.5, 0.6) is 5.19 Å². The van der Waals surface area contributed by atoms with Crippen molar-refractivity contribution in [3.8, 4) is 5.19 Å². The van der Waals surface area contributed by atoms with Crippen LogP contribution in [0.2, 0.25) is 0 Å². The molecule has 1 aliphatic rings. The third kappa shape index (κ3) is 5.62. The average Bonchev–Trinajstić information content (AvgIpc) is 3.37. The van der Waals surface area contributed by atoms with Gasteiger partial charge in [0, 0.05) is 17.2 Å². The van der Waals surface area contributed by atoms with E-state index in [1.54, 1.807) is 5.38 Å². The Morgan fingerprint density at radius 3 is 2.55 bits per heavy atom. The molecule has 1 aliphatic heterocycles. The van der Waals surface area contributed by atoms with Gasteiger partial charge < -0.3 is 21.0 Å². The average molecular weight is 518 g/mol. The number of ketones is 1. The number of β-lactam (4-membered cyclic amide) rings is 1. The predicted octanol–water partition coefficient (Wildman–Crippen LogP) is -0.126. The normalized spacial score (nSPS) is 18.7. The number of nitrogens with one attached hydrogen (secondary N) is 1. The summed E-state index contributed by atoms with van der Waals surface area (Å²) in [6.45, 7) is 1.35. The second kappa shape index (κ2) is 9.77. The Hall–Kier alpha value is -3.15. The minimum Gasteiger partial charge on any atom is -0.466 e. The molecule has 33 heavy (non-hydrogen) atoms. The number of nitrogens with two attached hydrogens (primary N) is 2. The van der Waals surface area contributed by atoms with E-state index in [4.69, 9.17) is 31.0 Å². The molecule has 0 saturated carbocycles. The van der Waals surface area contributed by atoms with Crippen LogP contribution >= 0.6 is 22.7 Å². The second-order valence-electron chi connectivity index (χ2n) is 6.69. The molecule has 1 amide bonds. The van der Waals surface area contributed by atoms with Gasteiger partial charge in [-0.05, 0) is 6.92 Å². The van der Waals surface area contributed by atoms with Crippen LogP contribution in [0, 0.1) is 11.3 Å². The summed E-state index contributed by atoms with van der Waals surface area (Å²) in [4.78, 5) is 38.1. The minimum absolute atomic E-state index is 0.0243. The highest BCUT2D eigenvalue weighted by Gasteiger charge is 2.51. The van der Waals surface area contributed by atoms with Gasteiger partial charge in [-0.1, -0.05) is 16.5 Å². The summed E-state index contributed by atoms with van der Waals surface area (Å²) in [5.74, 6) is -2.65. The molecule has 0 radical (unpaired) electrons. The number of oxime groups is 1. The zero-order valence-electron chi connectivity index (χ0n) is 17.0. The van der Waals surface area contributed by atoms with Crippen LogP contribution in [0.1, 0.15) is 24.7 Å². The standard InChI is InChI=1S/C16H19N7O7S3/c1-7-8(14(25)23(7)33(26,27)28)4-11(24)12(9-5-31-15(19)20-9)22-30-3-2-29-16-21-10(6-32-16)13(17)18/h5-8H,2-4H2,1H3,(H3,17,18)(H2,19,20)(H,26,27,28)/b22-12-/t7-,8-/m0/s1. The number of Topliss-reactive ketones (excluding diaryl/α,β-unsaturated/α-hetero) is 1. The number of hydrogen-bond donors (Lipinski definition) is 4. The SMILES string of the molecule is C[C@H]1[C@H](CC(=O)/C(=N\OCCOc2nc(C(=N)N)cs2)c2csc(N)n2)C(=O)N1S(=O)(=O)O. The van der Waals surface area contributed by atoms with Crippen molar-refractivity contribution in [3.05, 3.63) is 22.1 Å². The lowest BCUT2D eigenvalue weighted by atomic mass is 9.86. The van der Waals surface area contributed by atoms with Gasteiger partial charge >= 0.3 is 10.3 Å². The van der Waals surface area contributed by atoms with Gasteiger partial charge in [0.2, 0.25) is 5.91 Å². The highest BCUT2D eigenvalue weighted by molar-refractivity contribution is 7.84. The van der Waals surface area contributed by atoms with Gasteiger partial charge in [0.15, 0.2) is 23.2 Å². The Morgan fingerprint density at radius 2 is 2.00 bits per heavy atom. The Bertz CT molecular complexity index is 1210. The van der Waals surface area contributed by atoms with Crippen molar-refractivity contribution in [2.75, 3.05) is 18.9 Å². The molecule has 178 valence electrons. The van der Waals surface area contributed by atoms with E-state index in [9.17, 15) is 18.0 Å². The van der Waals surface area contributed by atoms with Crippen molar-refractivity contribution in [1.29, 1.82) is 5.41 Å². The summed E-state index contributed by atoms with van der Waals surface area (Å²) in [6.07, 6.45) is -0.366. The number of hydrogen-bond acceptors (Lipinski definition) is 13. The van der Waals surface area contributed by atoms with E-state index in [0.717, 1.165) is 22.7 Å². The molecule has 0 aromatic carbocycles. The zero-order valence-corrected chi connectivity index (χ0v) is 19.4. The first-order chi connectivity index (χ1) is 15.5.